The average Bonchev–Trinajstić information content (AvgIpc) is 0.871. The van der Waals surface area contributed by atoms with Gasteiger partial charge < -0.3 is 103 Å². The Hall–Kier alpha value is -10.0. The number of nitrogens with zero attached hydrogens (tertiary/aromatic N) is 1. The van der Waals surface area contributed by atoms with E-state index in [2.05, 4.69) is 68.8 Å². The zero-order valence-electron chi connectivity index (χ0n) is 56.3. The Kier molecular flexibility index (Phi) is 38.4. The standard InChI is InChI=1S/C61H100N18O18/c1-10-32(6)49(60(97)78-43(27-36-15-12-11-13-16-36)59(96)74-39(19-21-44(63)80)55(92)68-28-45(64)81)79-52(89)33(7)70-46(82)29-69-54(91)38(17-14-24-67-61(65)66)73-50(87)35(9)72-57(94)41(25-30(2)3)77-56(93)40(20-23-48(85)86)75-58(95)42(26-31(4)5)76-51(88)34(8)71-53(90)37(62)18-22-47(83)84/h11-13,15-16,30-35,37-43,49H,10,14,17-29,62H2,1-9H3,(H2,63,80)(H2,64,81)(H,68,92)(H,69,91)(H,70,82)(H,71,90)(H,72,94)(H,73,87)(H,74,96)(H,75,95)(H,76,88)(H,77,93)(H,78,97)(H,79,89)(H,83,84)(H,85,86)(H4,65,66,67)/t32-,33-,34-,35-,37-,38-,39-,40-,41-,42-,43-,49-/m0/s1. The van der Waals surface area contributed by atoms with Crippen molar-refractivity contribution in [1.29, 1.82) is 0 Å². The molecule has 0 saturated heterocycles. The summed E-state index contributed by atoms with van der Waals surface area (Å²) < 4.78 is 0. The van der Waals surface area contributed by atoms with Crippen LogP contribution in [0.3, 0.4) is 0 Å². The number of aliphatic carboxylic acids is 2. The van der Waals surface area contributed by atoms with Gasteiger partial charge in [0.25, 0.3) is 0 Å². The molecule has 0 radical (unpaired) electrons. The fourth-order valence-corrected chi connectivity index (χ4v) is 9.10. The first kappa shape index (κ1) is 85.0. The van der Waals surface area contributed by atoms with E-state index < -0.39 is 199 Å². The Balaban J connectivity index is 3.31. The maximum Gasteiger partial charge on any atom is 0.303 e. The van der Waals surface area contributed by atoms with Gasteiger partial charge in [0.1, 0.15) is 60.4 Å². The van der Waals surface area contributed by atoms with E-state index in [1.54, 1.807) is 71.9 Å². The van der Waals surface area contributed by atoms with Crippen molar-refractivity contribution in [2.75, 3.05) is 19.6 Å². The van der Waals surface area contributed by atoms with Crippen molar-refractivity contribution in [3.63, 3.8) is 0 Å². The number of amides is 14. The van der Waals surface area contributed by atoms with E-state index >= 15 is 0 Å². The molecule has 0 aliphatic rings. The summed E-state index contributed by atoms with van der Waals surface area (Å²) >= 11 is 0. The molecule has 12 atom stereocenters. The van der Waals surface area contributed by atoms with Crippen LogP contribution in [0, 0.1) is 17.8 Å². The van der Waals surface area contributed by atoms with Crippen LogP contribution in [0.1, 0.15) is 139 Å². The van der Waals surface area contributed by atoms with Crippen LogP contribution in [0.4, 0.5) is 0 Å². The predicted molar refractivity (Wildman–Crippen MR) is 350 cm³/mol. The Bertz CT molecular complexity index is 2930. The summed E-state index contributed by atoms with van der Waals surface area (Å²) in [6, 6.07) is -6.80. The van der Waals surface area contributed by atoms with Gasteiger partial charge in [0.15, 0.2) is 5.96 Å². The van der Waals surface area contributed by atoms with E-state index in [9.17, 15) is 81.8 Å². The third-order valence-electron chi connectivity index (χ3n) is 14.7. The van der Waals surface area contributed by atoms with Crippen LogP contribution < -0.4 is 92.5 Å². The van der Waals surface area contributed by atoms with Crippen molar-refractivity contribution in [3.8, 4) is 0 Å². The number of carbonyl (C=O) groups is 16. The third kappa shape index (κ3) is 34.8. The third-order valence-corrected chi connectivity index (χ3v) is 14.7. The smallest absolute Gasteiger partial charge is 0.303 e. The first-order valence-electron chi connectivity index (χ1n) is 31.8. The molecule has 0 aliphatic carbocycles. The van der Waals surface area contributed by atoms with Crippen LogP contribution in [0.5, 0.6) is 0 Å². The van der Waals surface area contributed by atoms with Crippen molar-refractivity contribution >= 4 is 101 Å². The van der Waals surface area contributed by atoms with Crippen molar-refractivity contribution in [2.45, 2.75) is 206 Å². The summed E-state index contributed by atoms with van der Waals surface area (Å²) in [6.45, 7) is 12.7. The second kappa shape index (κ2) is 43.9. The number of primary amides is 2. The number of hydrogen-bond donors (Lipinski definition) is 19. The number of carboxylic acid groups (broad SMARTS) is 2. The van der Waals surface area contributed by atoms with Crippen LogP contribution in [-0.2, 0) is 83.1 Å². The number of aliphatic imine (C=N–C) groups is 1. The molecular weight excluding hydrogens is 1270 g/mol. The van der Waals surface area contributed by atoms with Crippen LogP contribution in [0.25, 0.3) is 0 Å². The highest BCUT2D eigenvalue weighted by molar-refractivity contribution is 5.99. The minimum absolute atomic E-state index is 0.00712. The average molecular weight is 1370 g/mol. The van der Waals surface area contributed by atoms with Gasteiger partial charge in [-0.2, -0.15) is 0 Å². The number of guanidine groups is 1. The molecule has 0 aliphatic heterocycles. The van der Waals surface area contributed by atoms with E-state index in [1.807, 2.05) is 0 Å². The van der Waals surface area contributed by atoms with E-state index in [-0.39, 0.29) is 75.7 Å². The lowest BCUT2D eigenvalue weighted by atomic mass is 9.96. The molecule has 36 heteroatoms. The Morgan fingerprint density at radius 2 is 0.845 bits per heavy atom. The SMILES string of the molecule is CC[C@H](C)[C@H](NC(=O)[C@H](C)NC(=O)CNC(=O)[C@H](CCCN=C(N)N)NC(=O)[C@H](C)NC(=O)[C@H](CC(C)C)NC(=O)[C@H](CCC(=O)O)NC(=O)[C@H](CC(C)C)NC(=O)[C@H](C)NC(=O)[C@@H](N)CCC(=O)O)C(=O)N[C@@H](Cc1ccccc1)C(=O)N[C@@H](CCC(N)=O)C(=O)NCC(N)=O. The molecule has 24 N–H and O–H groups in total. The van der Waals surface area contributed by atoms with E-state index in [4.69, 9.17) is 33.8 Å². The van der Waals surface area contributed by atoms with Crippen LogP contribution in [0.2, 0.25) is 0 Å². The van der Waals surface area contributed by atoms with E-state index in [1.165, 1.54) is 20.8 Å². The number of carboxylic acids is 2. The predicted octanol–water partition coefficient (Wildman–Crippen LogP) is -5.63. The van der Waals surface area contributed by atoms with Gasteiger partial charge in [0.05, 0.1) is 19.1 Å². The summed E-state index contributed by atoms with van der Waals surface area (Å²) in [5.41, 5.74) is 27.8. The normalized spacial score (nSPS) is 14.7. The summed E-state index contributed by atoms with van der Waals surface area (Å²) in [6.07, 6.45) is -2.31. The lowest BCUT2D eigenvalue weighted by Gasteiger charge is -2.28. The fourth-order valence-electron chi connectivity index (χ4n) is 9.10. The highest BCUT2D eigenvalue weighted by Crippen LogP contribution is 2.14. The minimum atomic E-state index is -1.61. The Labute approximate surface area is 562 Å². The lowest BCUT2D eigenvalue weighted by molar-refractivity contribution is -0.139. The van der Waals surface area contributed by atoms with Gasteiger partial charge in [-0.1, -0.05) is 78.3 Å². The largest absolute Gasteiger partial charge is 0.481 e. The van der Waals surface area contributed by atoms with Crippen LogP contribution in [0.15, 0.2) is 35.3 Å². The molecule has 0 fully saturated rings. The zero-order valence-corrected chi connectivity index (χ0v) is 56.3. The summed E-state index contributed by atoms with van der Waals surface area (Å²) in [5.74, 6) is -16.4. The highest BCUT2D eigenvalue weighted by Gasteiger charge is 2.36. The summed E-state index contributed by atoms with van der Waals surface area (Å²) in [5, 5.41) is 48.2. The van der Waals surface area contributed by atoms with Gasteiger partial charge in [-0.15, -0.1) is 0 Å². The molecule has 1 aromatic carbocycles. The molecule has 0 aromatic heterocycles. The molecule has 542 valence electrons. The topological polar surface area (TPSA) is 600 Å². The molecule has 14 amide bonds. The fraction of sp³-hybridized carbons (Fsp3) is 0.623. The maximum atomic E-state index is 14.1. The molecule has 97 heavy (non-hydrogen) atoms. The van der Waals surface area contributed by atoms with Crippen LogP contribution in [-0.4, -0.2) is 197 Å². The molecule has 36 nitrogen and oxygen atoms in total. The molecule has 0 unspecified atom stereocenters. The number of hydrogen-bond acceptors (Lipinski definition) is 18. The van der Waals surface area contributed by atoms with Gasteiger partial charge in [0, 0.05) is 32.2 Å². The lowest BCUT2D eigenvalue weighted by Crippen LogP contribution is -2.60. The van der Waals surface area contributed by atoms with Crippen LogP contribution >= 0.6 is 0 Å². The molecule has 0 bridgehead atoms. The molecule has 1 rings (SSSR count). The van der Waals surface area contributed by atoms with Gasteiger partial charge in [-0.3, -0.25) is 81.7 Å². The van der Waals surface area contributed by atoms with Crippen molar-refractivity contribution in [3.05, 3.63) is 35.9 Å². The Morgan fingerprint density at radius 1 is 0.433 bits per heavy atom. The van der Waals surface area contributed by atoms with Gasteiger partial charge in [-0.25, -0.2) is 0 Å². The number of rotatable bonds is 46. The molecule has 0 spiro atoms. The van der Waals surface area contributed by atoms with Crippen molar-refractivity contribution in [2.24, 2.45) is 51.4 Å². The van der Waals surface area contributed by atoms with Gasteiger partial charge >= 0.3 is 11.9 Å². The first-order chi connectivity index (χ1) is 45.3. The summed E-state index contributed by atoms with van der Waals surface area (Å²) in [7, 11) is 0. The number of carbonyl (C=O) groups excluding carboxylic acids is 14. The quantitative estimate of drug-likeness (QED) is 0.0164. The maximum absolute atomic E-state index is 14.1. The number of benzene rings is 1. The van der Waals surface area contributed by atoms with Crippen molar-refractivity contribution < 1.29 is 86.9 Å². The van der Waals surface area contributed by atoms with E-state index in [0.717, 1.165) is 0 Å². The molecular formula is C61H100N18O18. The van der Waals surface area contributed by atoms with E-state index in [0.29, 0.717) is 12.0 Å². The number of nitrogens with two attached hydrogens (primary N) is 5. The molecule has 0 heterocycles. The van der Waals surface area contributed by atoms with Crippen molar-refractivity contribution in [1.82, 2.24) is 63.8 Å². The molecule has 0 saturated carbocycles. The second-order valence-electron chi connectivity index (χ2n) is 24.3. The summed E-state index contributed by atoms with van der Waals surface area (Å²) in [4.78, 5) is 213. The first-order valence-corrected chi connectivity index (χ1v) is 31.8. The monoisotopic (exact) mass is 1370 g/mol. The minimum Gasteiger partial charge on any atom is -0.481 e. The zero-order chi connectivity index (χ0) is 73.8. The van der Waals surface area contributed by atoms with Gasteiger partial charge in [-0.05, 0) is 89.0 Å². The Morgan fingerprint density at radius 3 is 1.35 bits per heavy atom. The second-order valence-corrected chi connectivity index (χ2v) is 24.3. The highest BCUT2D eigenvalue weighted by atomic mass is 16.4. The number of nitrogens with one attached hydrogen (secondary N) is 12. The molecule has 1 aromatic rings. The van der Waals surface area contributed by atoms with Gasteiger partial charge in [0.2, 0.25) is 82.7 Å².